The second kappa shape index (κ2) is 11.8. The van der Waals surface area contributed by atoms with Crippen LogP contribution in [0.5, 0.6) is 0 Å². The van der Waals surface area contributed by atoms with E-state index in [-0.39, 0.29) is 23.4 Å². The van der Waals surface area contributed by atoms with E-state index in [0.29, 0.717) is 29.8 Å². The minimum Gasteiger partial charge on any atom is -0.494 e. The first-order valence-corrected chi connectivity index (χ1v) is 16.6. The van der Waals surface area contributed by atoms with Gasteiger partial charge in [0.05, 0.1) is 5.76 Å². The Hall–Kier alpha value is -1.78. The second-order valence-corrected chi connectivity index (χ2v) is 14.7. The minimum atomic E-state index is 0.00671. The number of unbranched alkanes of at least 4 members (excludes halogenated alkanes) is 2. The normalized spacial score (nSPS) is 38.8. The Kier molecular flexibility index (Phi) is 8.79. The maximum Gasteiger partial charge on any atom is 0.306 e. The molecule has 1 aliphatic heterocycles. The molecule has 0 spiro atoms. The molecule has 0 bridgehead atoms. The second-order valence-electron chi connectivity index (χ2n) is 14.7. The quantitative estimate of drug-likeness (QED) is 0.170. The molecule has 5 rings (SSSR count). The van der Waals surface area contributed by atoms with Crippen LogP contribution in [-0.4, -0.2) is 30.6 Å². The van der Waals surface area contributed by atoms with Gasteiger partial charge in [-0.1, -0.05) is 52.2 Å². The molecule has 0 aromatic rings. The molecule has 5 aliphatic rings. The van der Waals surface area contributed by atoms with Crippen molar-refractivity contribution in [3.8, 4) is 0 Å². The third kappa shape index (κ3) is 5.52. The summed E-state index contributed by atoms with van der Waals surface area (Å²) < 4.78 is 12.7. The highest BCUT2D eigenvalue weighted by atomic mass is 16.5. The molecule has 0 radical (unpaired) electrons. The van der Waals surface area contributed by atoms with E-state index in [1.807, 2.05) is 0 Å². The van der Waals surface area contributed by atoms with Gasteiger partial charge in [0.25, 0.3) is 0 Å². The number of ether oxygens (including phenoxy) is 2. The summed E-state index contributed by atoms with van der Waals surface area (Å²) in [5, 5.41) is 2.96. The van der Waals surface area contributed by atoms with Crippen LogP contribution in [0.25, 0.3) is 0 Å². The lowest BCUT2D eigenvalue weighted by atomic mass is 9.47. The summed E-state index contributed by atoms with van der Waals surface area (Å²) in [6.45, 7) is 14.2. The third-order valence-electron chi connectivity index (χ3n) is 12.1. The van der Waals surface area contributed by atoms with Crippen LogP contribution < -0.4 is 5.32 Å². The highest BCUT2D eigenvalue weighted by Gasteiger charge is 2.63. The van der Waals surface area contributed by atoms with Crippen molar-refractivity contribution in [3.63, 3.8) is 0 Å². The van der Waals surface area contributed by atoms with Gasteiger partial charge in [0.1, 0.15) is 12.2 Å². The number of hydrogen-bond donors (Lipinski definition) is 1. The topological polar surface area (TPSA) is 64.6 Å². The van der Waals surface area contributed by atoms with Crippen molar-refractivity contribution < 1.29 is 19.1 Å². The first kappa shape index (κ1) is 29.7. The van der Waals surface area contributed by atoms with Gasteiger partial charge in [-0.2, -0.15) is 0 Å². The van der Waals surface area contributed by atoms with E-state index >= 15 is 0 Å². The van der Waals surface area contributed by atoms with E-state index in [2.05, 4.69) is 46.0 Å². The molecule has 5 heteroatoms. The number of esters is 1. The maximum absolute atomic E-state index is 12.4. The predicted molar refractivity (Wildman–Crippen MR) is 159 cm³/mol. The minimum absolute atomic E-state index is 0.00671. The molecule has 9 atom stereocenters. The van der Waals surface area contributed by atoms with Crippen LogP contribution in [0.15, 0.2) is 23.0 Å². The molecule has 0 aromatic heterocycles. The van der Waals surface area contributed by atoms with Gasteiger partial charge in [0.2, 0.25) is 5.91 Å². The van der Waals surface area contributed by atoms with Crippen LogP contribution in [0.1, 0.15) is 125 Å². The Morgan fingerprint density at radius 3 is 2.73 bits per heavy atom. The van der Waals surface area contributed by atoms with Crippen LogP contribution in [0, 0.1) is 40.4 Å². The Balaban J connectivity index is 1.23. The molecule has 3 fully saturated rings. The first-order chi connectivity index (χ1) is 19.1. The number of fused-ring (bicyclic) bond motifs is 7. The van der Waals surface area contributed by atoms with Gasteiger partial charge >= 0.3 is 5.97 Å². The largest absolute Gasteiger partial charge is 0.494 e. The van der Waals surface area contributed by atoms with E-state index in [1.165, 1.54) is 37.0 Å². The zero-order valence-electron chi connectivity index (χ0n) is 26.2. The fraction of sp³-hybridized carbons (Fsp3) is 0.829. The van der Waals surface area contributed by atoms with Crippen molar-refractivity contribution >= 4 is 11.9 Å². The standard InChI is InChI=1S/C35H55NO4/c1-7-8-9-10-32(38)39-26-15-17-34(5)25(19-26)12-13-27-28(34)16-18-35(6)29(27)20-31-33(35)23(3)30(40-31)14-11-22(2)21-36-24(4)37/h12,22,26-29,31,33H,7-11,13-21H2,1-6H3,(H,36,37)/t22-,26-,27-,28+,29+,31-,33+,34+,35+/m1/s1. The van der Waals surface area contributed by atoms with Crippen LogP contribution in [0.3, 0.4) is 0 Å². The van der Waals surface area contributed by atoms with E-state index in [9.17, 15) is 9.59 Å². The van der Waals surface area contributed by atoms with Gasteiger partial charge in [0, 0.05) is 38.6 Å². The monoisotopic (exact) mass is 553 g/mol. The number of amides is 1. The summed E-state index contributed by atoms with van der Waals surface area (Å²) in [5.41, 5.74) is 3.68. The van der Waals surface area contributed by atoms with Crippen molar-refractivity contribution in [3.05, 3.63) is 23.0 Å². The van der Waals surface area contributed by atoms with Gasteiger partial charge in [0.15, 0.2) is 0 Å². The summed E-state index contributed by atoms with van der Waals surface area (Å²) in [7, 11) is 0. The van der Waals surface area contributed by atoms with E-state index in [1.54, 1.807) is 12.5 Å². The Morgan fingerprint density at radius 2 is 1.98 bits per heavy atom. The summed E-state index contributed by atoms with van der Waals surface area (Å²) in [4.78, 5) is 23.7. The van der Waals surface area contributed by atoms with Gasteiger partial charge < -0.3 is 14.8 Å². The van der Waals surface area contributed by atoms with Crippen LogP contribution in [-0.2, 0) is 19.1 Å². The smallest absolute Gasteiger partial charge is 0.306 e. The summed E-state index contributed by atoms with van der Waals surface area (Å²) >= 11 is 0. The summed E-state index contributed by atoms with van der Waals surface area (Å²) in [6, 6.07) is 0. The van der Waals surface area contributed by atoms with Gasteiger partial charge in [-0.25, -0.2) is 0 Å². The Bertz CT molecular complexity index is 1030. The SMILES string of the molecule is CCCCCC(=O)O[C@@H]1CC[C@@]2(C)C(=CC[C@H]3[C@@H]4C[C@H]5OC(CC[C@@H](C)CNC(C)=O)=C(C)[C@@H]5[C@@]4(C)CC[C@@H]32)C1. The maximum atomic E-state index is 12.4. The van der Waals surface area contributed by atoms with Crippen molar-refractivity contribution in [1.29, 1.82) is 0 Å². The van der Waals surface area contributed by atoms with Crippen molar-refractivity contribution in [1.82, 2.24) is 5.32 Å². The average Bonchev–Trinajstić information content (AvgIpc) is 3.39. The van der Waals surface area contributed by atoms with Crippen molar-refractivity contribution in [2.24, 2.45) is 40.4 Å². The lowest BCUT2D eigenvalue weighted by Gasteiger charge is -2.58. The lowest BCUT2D eigenvalue weighted by Crippen LogP contribution is -2.50. The molecule has 0 aromatic carbocycles. The first-order valence-electron chi connectivity index (χ1n) is 16.6. The third-order valence-corrected chi connectivity index (χ3v) is 12.1. The highest BCUT2D eigenvalue weighted by Crippen LogP contribution is 2.69. The van der Waals surface area contributed by atoms with E-state index in [4.69, 9.17) is 9.47 Å². The zero-order chi connectivity index (χ0) is 28.7. The zero-order valence-corrected chi connectivity index (χ0v) is 26.2. The molecular weight excluding hydrogens is 498 g/mol. The highest BCUT2D eigenvalue weighted by molar-refractivity contribution is 5.72. The molecule has 5 nitrogen and oxygen atoms in total. The molecule has 1 amide bonds. The van der Waals surface area contributed by atoms with Crippen LogP contribution in [0.4, 0.5) is 0 Å². The van der Waals surface area contributed by atoms with Crippen LogP contribution in [0.2, 0.25) is 0 Å². The molecule has 4 aliphatic carbocycles. The fourth-order valence-corrected chi connectivity index (χ4v) is 9.87. The average molecular weight is 554 g/mol. The fourth-order valence-electron chi connectivity index (χ4n) is 9.87. The number of rotatable bonds is 10. The predicted octanol–water partition coefficient (Wildman–Crippen LogP) is 7.89. The molecule has 0 saturated heterocycles. The molecule has 1 heterocycles. The van der Waals surface area contributed by atoms with Gasteiger partial charge in [-0.15, -0.1) is 0 Å². The van der Waals surface area contributed by atoms with E-state index in [0.717, 1.165) is 75.7 Å². The molecule has 3 saturated carbocycles. The molecule has 224 valence electrons. The number of carbonyl (C=O) groups is 2. The Morgan fingerprint density at radius 1 is 1.18 bits per heavy atom. The summed E-state index contributed by atoms with van der Waals surface area (Å²) in [5.74, 6) is 4.51. The molecule has 1 N–H and O–H groups in total. The van der Waals surface area contributed by atoms with Gasteiger partial charge in [-0.05, 0) is 98.4 Å². The molecule has 40 heavy (non-hydrogen) atoms. The van der Waals surface area contributed by atoms with Gasteiger partial charge in [-0.3, -0.25) is 9.59 Å². The molecule has 0 unspecified atom stereocenters. The number of nitrogens with one attached hydrogen (secondary N) is 1. The number of carbonyl (C=O) groups excluding carboxylic acids is 2. The van der Waals surface area contributed by atoms with Crippen molar-refractivity contribution in [2.75, 3.05) is 6.54 Å². The number of hydrogen-bond acceptors (Lipinski definition) is 4. The van der Waals surface area contributed by atoms with Crippen LogP contribution >= 0.6 is 0 Å². The number of allylic oxidation sites excluding steroid dienone is 2. The summed E-state index contributed by atoms with van der Waals surface area (Å²) in [6.07, 6.45) is 16.9. The molecular formula is C35H55NO4. The van der Waals surface area contributed by atoms with E-state index < -0.39 is 0 Å². The van der Waals surface area contributed by atoms with Crippen molar-refractivity contribution in [2.45, 2.75) is 137 Å². The lowest BCUT2D eigenvalue weighted by molar-refractivity contribution is -0.151. The Labute approximate surface area is 243 Å².